The standard InChI is InChI=1S/C12H24N2O3/c1-5-6-7-8-13-11(15)9(2)14-10(3)12(16)17-4/h9-10,14H,5-8H2,1-4H3,(H,13,15). The molecule has 2 atom stereocenters. The van der Waals surface area contributed by atoms with Crippen LogP contribution in [0.15, 0.2) is 0 Å². The van der Waals surface area contributed by atoms with Crippen LogP contribution >= 0.6 is 0 Å². The maximum atomic E-state index is 11.6. The molecular formula is C12H24N2O3. The lowest BCUT2D eigenvalue weighted by atomic mass is 10.2. The summed E-state index contributed by atoms with van der Waals surface area (Å²) in [6.07, 6.45) is 3.23. The highest BCUT2D eigenvalue weighted by Gasteiger charge is 2.19. The molecule has 0 saturated heterocycles. The summed E-state index contributed by atoms with van der Waals surface area (Å²) >= 11 is 0. The van der Waals surface area contributed by atoms with Gasteiger partial charge < -0.3 is 10.1 Å². The Balaban J connectivity index is 3.84. The van der Waals surface area contributed by atoms with Crippen LogP contribution < -0.4 is 10.6 Å². The van der Waals surface area contributed by atoms with Gasteiger partial charge >= 0.3 is 5.97 Å². The Bertz CT molecular complexity index is 244. The molecule has 2 unspecified atom stereocenters. The van der Waals surface area contributed by atoms with Gasteiger partial charge in [-0.1, -0.05) is 19.8 Å². The Labute approximate surface area is 103 Å². The average molecular weight is 244 g/mol. The lowest BCUT2D eigenvalue weighted by Crippen LogP contribution is -2.48. The van der Waals surface area contributed by atoms with Crippen LogP contribution in [-0.2, 0) is 14.3 Å². The number of carbonyl (C=O) groups is 2. The zero-order chi connectivity index (χ0) is 13.3. The highest BCUT2D eigenvalue weighted by molar-refractivity contribution is 5.82. The monoisotopic (exact) mass is 244 g/mol. The maximum absolute atomic E-state index is 11.6. The number of rotatable bonds is 8. The summed E-state index contributed by atoms with van der Waals surface area (Å²) in [6.45, 7) is 6.20. The minimum Gasteiger partial charge on any atom is -0.468 e. The fourth-order valence-corrected chi connectivity index (χ4v) is 1.44. The van der Waals surface area contributed by atoms with Gasteiger partial charge in [0.1, 0.15) is 6.04 Å². The molecule has 5 nitrogen and oxygen atoms in total. The molecule has 100 valence electrons. The predicted molar refractivity (Wildman–Crippen MR) is 66.6 cm³/mol. The molecule has 0 aromatic carbocycles. The van der Waals surface area contributed by atoms with Crippen molar-refractivity contribution in [1.29, 1.82) is 0 Å². The molecule has 0 aromatic rings. The van der Waals surface area contributed by atoms with Crippen molar-refractivity contribution in [1.82, 2.24) is 10.6 Å². The van der Waals surface area contributed by atoms with E-state index in [4.69, 9.17) is 0 Å². The lowest BCUT2D eigenvalue weighted by molar-refractivity contribution is -0.143. The first kappa shape index (κ1) is 15.9. The zero-order valence-corrected chi connectivity index (χ0v) is 11.2. The van der Waals surface area contributed by atoms with Crippen molar-refractivity contribution in [3.05, 3.63) is 0 Å². The molecule has 0 saturated carbocycles. The van der Waals surface area contributed by atoms with E-state index in [1.807, 2.05) is 0 Å². The molecular weight excluding hydrogens is 220 g/mol. The van der Waals surface area contributed by atoms with E-state index < -0.39 is 12.1 Å². The Morgan fingerprint density at radius 1 is 1.18 bits per heavy atom. The van der Waals surface area contributed by atoms with Crippen molar-refractivity contribution in [2.24, 2.45) is 0 Å². The largest absolute Gasteiger partial charge is 0.468 e. The third kappa shape index (κ3) is 6.94. The molecule has 0 aliphatic heterocycles. The number of nitrogens with one attached hydrogen (secondary N) is 2. The van der Waals surface area contributed by atoms with Crippen LogP contribution in [-0.4, -0.2) is 37.6 Å². The summed E-state index contributed by atoms with van der Waals surface area (Å²) in [5, 5.41) is 5.71. The fourth-order valence-electron chi connectivity index (χ4n) is 1.44. The van der Waals surface area contributed by atoms with Gasteiger partial charge in [-0.2, -0.15) is 0 Å². The first-order valence-corrected chi connectivity index (χ1v) is 6.14. The third-order valence-electron chi connectivity index (χ3n) is 2.53. The van der Waals surface area contributed by atoms with Crippen molar-refractivity contribution in [2.75, 3.05) is 13.7 Å². The van der Waals surface area contributed by atoms with Crippen molar-refractivity contribution >= 4 is 11.9 Å². The van der Waals surface area contributed by atoms with Crippen LogP contribution in [0.3, 0.4) is 0 Å². The van der Waals surface area contributed by atoms with Crippen LogP contribution in [0, 0.1) is 0 Å². The molecule has 2 N–H and O–H groups in total. The Morgan fingerprint density at radius 2 is 1.82 bits per heavy atom. The minimum absolute atomic E-state index is 0.0862. The number of esters is 1. The van der Waals surface area contributed by atoms with Crippen molar-refractivity contribution in [3.8, 4) is 0 Å². The molecule has 0 aromatic heterocycles. The number of ether oxygens (including phenoxy) is 1. The molecule has 0 bridgehead atoms. The number of hydrogen-bond acceptors (Lipinski definition) is 4. The van der Waals surface area contributed by atoms with Gasteiger partial charge in [-0.05, 0) is 20.3 Å². The number of carbonyl (C=O) groups excluding carboxylic acids is 2. The van der Waals surface area contributed by atoms with Gasteiger partial charge in [0.15, 0.2) is 0 Å². The van der Waals surface area contributed by atoms with Crippen LogP contribution in [0.4, 0.5) is 0 Å². The molecule has 0 spiro atoms. The average Bonchev–Trinajstić information content (AvgIpc) is 2.32. The van der Waals surface area contributed by atoms with Gasteiger partial charge in [0.25, 0.3) is 0 Å². The van der Waals surface area contributed by atoms with Gasteiger partial charge in [0.05, 0.1) is 13.2 Å². The van der Waals surface area contributed by atoms with Crippen LogP contribution in [0.2, 0.25) is 0 Å². The van der Waals surface area contributed by atoms with Crippen LogP contribution in [0.5, 0.6) is 0 Å². The minimum atomic E-state index is -0.476. The van der Waals surface area contributed by atoms with Gasteiger partial charge in [0, 0.05) is 6.54 Å². The summed E-state index contributed by atoms with van der Waals surface area (Å²) in [6, 6.07) is -0.873. The van der Waals surface area contributed by atoms with Gasteiger partial charge in [-0.3, -0.25) is 14.9 Å². The second-order valence-corrected chi connectivity index (χ2v) is 4.13. The second kappa shape index (κ2) is 8.98. The highest BCUT2D eigenvalue weighted by atomic mass is 16.5. The Hall–Kier alpha value is -1.10. The van der Waals surface area contributed by atoms with E-state index >= 15 is 0 Å². The van der Waals surface area contributed by atoms with E-state index in [1.54, 1.807) is 13.8 Å². The van der Waals surface area contributed by atoms with Gasteiger partial charge in [-0.15, -0.1) is 0 Å². The fraction of sp³-hybridized carbons (Fsp3) is 0.833. The number of hydrogen-bond donors (Lipinski definition) is 2. The van der Waals surface area contributed by atoms with Crippen molar-refractivity contribution < 1.29 is 14.3 Å². The first-order chi connectivity index (χ1) is 8.02. The van der Waals surface area contributed by atoms with Gasteiger partial charge in [-0.25, -0.2) is 0 Å². The van der Waals surface area contributed by atoms with Crippen LogP contribution in [0.1, 0.15) is 40.0 Å². The molecule has 0 aliphatic rings. The number of amides is 1. The highest BCUT2D eigenvalue weighted by Crippen LogP contribution is 1.93. The van der Waals surface area contributed by atoms with Crippen LogP contribution in [0.25, 0.3) is 0 Å². The maximum Gasteiger partial charge on any atom is 0.322 e. The van der Waals surface area contributed by atoms with E-state index in [0.717, 1.165) is 19.3 Å². The molecule has 0 radical (unpaired) electrons. The molecule has 0 heterocycles. The Kier molecular flexibility index (Phi) is 8.40. The quantitative estimate of drug-likeness (QED) is 0.490. The lowest BCUT2D eigenvalue weighted by Gasteiger charge is -2.17. The topological polar surface area (TPSA) is 67.4 Å². The smallest absolute Gasteiger partial charge is 0.322 e. The summed E-state index contributed by atoms with van der Waals surface area (Å²) < 4.78 is 4.57. The number of methoxy groups -OCH3 is 1. The van der Waals surface area contributed by atoms with E-state index in [9.17, 15) is 9.59 Å². The van der Waals surface area contributed by atoms with E-state index in [0.29, 0.717) is 6.54 Å². The molecule has 5 heteroatoms. The summed E-state index contributed by atoms with van der Waals surface area (Å²) in [4.78, 5) is 22.8. The normalized spacial score (nSPS) is 13.9. The zero-order valence-electron chi connectivity index (χ0n) is 11.2. The predicted octanol–water partition coefficient (Wildman–Crippen LogP) is 0.832. The second-order valence-electron chi connectivity index (χ2n) is 4.13. The summed E-state index contributed by atoms with van der Waals surface area (Å²) in [7, 11) is 1.33. The first-order valence-electron chi connectivity index (χ1n) is 6.14. The van der Waals surface area contributed by atoms with E-state index in [2.05, 4.69) is 22.3 Å². The molecule has 0 aliphatic carbocycles. The van der Waals surface area contributed by atoms with E-state index in [-0.39, 0.29) is 11.9 Å². The molecule has 0 fully saturated rings. The summed E-state index contributed by atoms with van der Waals surface area (Å²) in [5.74, 6) is -0.451. The number of unbranched alkanes of at least 4 members (excludes halogenated alkanes) is 2. The molecule has 17 heavy (non-hydrogen) atoms. The SMILES string of the molecule is CCCCCNC(=O)C(C)NC(C)C(=O)OC. The van der Waals surface area contributed by atoms with Crippen molar-refractivity contribution in [2.45, 2.75) is 52.1 Å². The van der Waals surface area contributed by atoms with Crippen molar-refractivity contribution in [3.63, 3.8) is 0 Å². The molecule has 1 amide bonds. The Morgan fingerprint density at radius 3 is 2.35 bits per heavy atom. The van der Waals surface area contributed by atoms with Gasteiger partial charge in [0.2, 0.25) is 5.91 Å². The third-order valence-corrected chi connectivity index (χ3v) is 2.53. The summed E-state index contributed by atoms with van der Waals surface area (Å²) in [5.41, 5.74) is 0. The molecule has 0 rings (SSSR count). The van der Waals surface area contributed by atoms with E-state index in [1.165, 1.54) is 7.11 Å².